The Kier molecular flexibility index (Phi) is 6.06. The third-order valence-corrected chi connectivity index (χ3v) is 2.88. The molecule has 0 saturated heterocycles. The Labute approximate surface area is 113 Å². The van der Waals surface area contributed by atoms with Crippen molar-refractivity contribution in [2.75, 3.05) is 13.2 Å². The first-order valence-electron chi connectivity index (χ1n) is 6.39. The van der Waals surface area contributed by atoms with Gasteiger partial charge < -0.3 is 9.47 Å². The topological polar surface area (TPSA) is 52.6 Å². The highest BCUT2D eigenvalue weighted by Gasteiger charge is 2.21. The third-order valence-electron chi connectivity index (χ3n) is 2.88. The van der Waals surface area contributed by atoms with Crippen molar-refractivity contribution in [1.29, 1.82) is 0 Å². The van der Waals surface area contributed by atoms with Crippen molar-refractivity contribution in [3.8, 4) is 0 Å². The Balaban J connectivity index is 3.02. The SMILES string of the molecule is C=CC(C=CC)/C1=C/C(=O)OCCC(C)COC1=O. The molecule has 0 aliphatic carbocycles. The second-order valence-electron chi connectivity index (χ2n) is 4.55. The Hall–Kier alpha value is -1.84. The first kappa shape index (κ1) is 15.2. The van der Waals surface area contributed by atoms with E-state index in [-0.39, 0.29) is 17.4 Å². The van der Waals surface area contributed by atoms with Gasteiger partial charge >= 0.3 is 11.9 Å². The van der Waals surface area contributed by atoms with Crippen LogP contribution in [0.2, 0.25) is 0 Å². The molecular formula is C15H20O4. The molecule has 4 heteroatoms. The number of hydrogen-bond donors (Lipinski definition) is 0. The van der Waals surface area contributed by atoms with Gasteiger partial charge in [-0.3, -0.25) is 0 Å². The molecule has 104 valence electrons. The fraction of sp³-hybridized carbons (Fsp3) is 0.467. The van der Waals surface area contributed by atoms with E-state index in [0.29, 0.717) is 19.6 Å². The molecule has 0 spiro atoms. The van der Waals surface area contributed by atoms with Crippen LogP contribution >= 0.6 is 0 Å². The number of rotatable bonds is 3. The smallest absolute Gasteiger partial charge is 0.335 e. The standard InChI is InChI=1S/C15H20O4/c1-4-6-12(5-2)13-9-14(16)18-8-7-11(3)10-19-15(13)17/h4-6,9,11-12H,2,7-8,10H2,1,3H3/b6-4?,13-9-. The minimum absolute atomic E-state index is 0.167. The Morgan fingerprint density at radius 2 is 2.16 bits per heavy atom. The molecule has 0 aromatic carbocycles. The van der Waals surface area contributed by atoms with E-state index in [1.807, 2.05) is 13.8 Å². The second kappa shape index (κ2) is 7.56. The average Bonchev–Trinajstić information content (AvgIpc) is 2.39. The Morgan fingerprint density at radius 3 is 2.79 bits per heavy atom. The number of esters is 2. The number of hydrogen-bond acceptors (Lipinski definition) is 4. The molecular weight excluding hydrogens is 244 g/mol. The van der Waals surface area contributed by atoms with Crippen molar-refractivity contribution in [1.82, 2.24) is 0 Å². The maximum absolute atomic E-state index is 12.0. The summed E-state index contributed by atoms with van der Waals surface area (Å²) >= 11 is 0. The zero-order valence-electron chi connectivity index (χ0n) is 11.4. The van der Waals surface area contributed by atoms with Crippen molar-refractivity contribution >= 4 is 11.9 Å². The van der Waals surface area contributed by atoms with Crippen molar-refractivity contribution in [2.24, 2.45) is 11.8 Å². The van der Waals surface area contributed by atoms with Gasteiger partial charge in [-0.15, -0.1) is 6.58 Å². The zero-order valence-corrected chi connectivity index (χ0v) is 11.4. The maximum atomic E-state index is 12.0. The van der Waals surface area contributed by atoms with Gasteiger partial charge in [0.25, 0.3) is 0 Å². The second-order valence-corrected chi connectivity index (χ2v) is 4.55. The highest BCUT2D eigenvalue weighted by atomic mass is 16.5. The molecule has 4 nitrogen and oxygen atoms in total. The summed E-state index contributed by atoms with van der Waals surface area (Å²) in [6, 6.07) is 0. The lowest BCUT2D eigenvalue weighted by atomic mass is 9.98. The summed E-state index contributed by atoms with van der Waals surface area (Å²) in [5, 5.41) is 0. The van der Waals surface area contributed by atoms with E-state index in [9.17, 15) is 9.59 Å². The lowest BCUT2D eigenvalue weighted by Crippen LogP contribution is -2.21. The monoisotopic (exact) mass is 264 g/mol. The molecule has 0 aromatic heterocycles. The molecule has 1 aliphatic heterocycles. The fourth-order valence-electron chi connectivity index (χ4n) is 1.72. The average molecular weight is 264 g/mol. The van der Waals surface area contributed by atoms with Crippen molar-refractivity contribution in [2.45, 2.75) is 20.3 Å². The lowest BCUT2D eigenvalue weighted by molar-refractivity contribution is -0.144. The molecule has 2 unspecified atom stereocenters. The van der Waals surface area contributed by atoms with Crippen molar-refractivity contribution < 1.29 is 19.1 Å². The third kappa shape index (κ3) is 4.73. The van der Waals surface area contributed by atoms with Gasteiger partial charge in [0, 0.05) is 12.0 Å². The highest BCUT2D eigenvalue weighted by Crippen LogP contribution is 2.18. The maximum Gasteiger partial charge on any atom is 0.335 e. The van der Waals surface area contributed by atoms with Gasteiger partial charge in [0.1, 0.15) is 0 Å². The minimum Gasteiger partial charge on any atom is -0.463 e. The van der Waals surface area contributed by atoms with Gasteiger partial charge in [0.2, 0.25) is 0 Å². The van der Waals surface area contributed by atoms with E-state index in [2.05, 4.69) is 6.58 Å². The molecule has 0 aromatic rings. The van der Waals surface area contributed by atoms with Gasteiger partial charge in [-0.25, -0.2) is 9.59 Å². The summed E-state index contributed by atoms with van der Waals surface area (Å²) < 4.78 is 10.3. The summed E-state index contributed by atoms with van der Waals surface area (Å²) in [6.45, 7) is 8.12. The van der Waals surface area contributed by atoms with Crippen LogP contribution in [0.15, 0.2) is 36.5 Å². The van der Waals surface area contributed by atoms with E-state index in [1.54, 1.807) is 18.2 Å². The Bertz CT molecular complexity index is 406. The number of carbonyl (C=O) groups excluding carboxylic acids is 2. The van der Waals surface area contributed by atoms with E-state index in [4.69, 9.17) is 9.47 Å². The van der Waals surface area contributed by atoms with Crippen LogP contribution in [-0.4, -0.2) is 25.2 Å². The number of ether oxygens (including phenoxy) is 2. The molecule has 0 fully saturated rings. The van der Waals surface area contributed by atoms with Crippen LogP contribution in [0.25, 0.3) is 0 Å². The van der Waals surface area contributed by atoms with Crippen LogP contribution in [0.5, 0.6) is 0 Å². The predicted octanol–water partition coefficient (Wildman–Crippen LogP) is 2.42. The van der Waals surface area contributed by atoms with Gasteiger partial charge in [0.15, 0.2) is 0 Å². The number of carbonyl (C=O) groups is 2. The molecule has 2 atom stereocenters. The van der Waals surface area contributed by atoms with Gasteiger partial charge in [-0.05, 0) is 19.3 Å². The summed E-state index contributed by atoms with van der Waals surface area (Å²) in [6.07, 6.45) is 7.05. The van der Waals surface area contributed by atoms with Crippen LogP contribution in [0.1, 0.15) is 20.3 Å². The summed E-state index contributed by atoms with van der Waals surface area (Å²) in [7, 11) is 0. The van der Waals surface area contributed by atoms with E-state index < -0.39 is 11.9 Å². The van der Waals surface area contributed by atoms with E-state index >= 15 is 0 Å². The van der Waals surface area contributed by atoms with Gasteiger partial charge in [0.05, 0.1) is 18.8 Å². The number of cyclic esters (lactones) is 2. The summed E-state index contributed by atoms with van der Waals surface area (Å²) in [5.74, 6) is -1.19. The fourth-order valence-corrected chi connectivity index (χ4v) is 1.72. The molecule has 0 amide bonds. The molecule has 0 bridgehead atoms. The largest absolute Gasteiger partial charge is 0.463 e. The van der Waals surface area contributed by atoms with Gasteiger partial charge in [-0.2, -0.15) is 0 Å². The molecule has 1 aliphatic rings. The van der Waals surface area contributed by atoms with E-state index in [1.165, 1.54) is 6.08 Å². The van der Waals surface area contributed by atoms with Crippen molar-refractivity contribution in [3.63, 3.8) is 0 Å². The summed E-state index contributed by atoms with van der Waals surface area (Å²) in [4.78, 5) is 23.6. The molecule has 1 heterocycles. The van der Waals surface area contributed by atoms with Crippen LogP contribution in [0.4, 0.5) is 0 Å². The zero-order chi connectivity index (χ0) is 14.3. The van der Waals surface area contributed by atoms with Crippen LogP contribution in [0, 0.1) is 11.8 Å². The highest BCUT2D eigenvalue weighted by molar-refractivity contribution is 5.97. The van der Waals surface area contributed by atoms with Crippen molar-refractivity contribution in [3.05, 3.63) is 36.5 Å². The molecule has 0 radical (unpaired) electrons. The molecule has 0 saturated carbocycles. The van der Waals surface area contributed by atoms with Crippen LogP contribution in [-0.2, 0) is 19.1 Å². The van der Waals surface area contributed by atoms with Crippen LogP contribution in [0.3, 0.4) is 0 Å². The van der Waals surface area contributed by atoms with E-state index in [0.717, 1.165) is 0 Å². The first-order valence-corrected chi connectivity index (χ1v) is 6.39. The van der Waals surface area contributed by atoms with Crippen LogP contribution < -0.4 is 0 Å². The summed E-state index contributed by atoms with van der Waals surface area (Å²) in [5.41, 5.74) is 0.257. The molecule has 19 heavy (non-hydrogen) atoms. The van der Waals surface area contributed by atoms with Gasteiger partial charge in [-0.1, -0.05) is 25.2 Å². The molecule has 0 N–H and O–H groups in total. The minimum atomic E-state index is -0.516. The number of allylic oxidation sites excluding steroid dienone is 3. The normalized spacial score (nSPS) is 26.0. The Morgan fingerprint density at radius 1 is 1.42 bits per heavy atom. The lowest BCUT2D eigenvalue weighted by Gasteiger charge is -2.17. The first-order chi connectivity index (χ1) is 9.08. The predicted molar refractivity (Wildman–Crippen MR) is 72.3 cm³/mol. The molecule has 1 rings (SSSR count). The quantitative estimate of drug-likeness (QED) is 0.580.